The number of nitrogens with one attached hydrogen (secondary N) is 2. The zero-order valence-electron chi connectivity index (χ0n) is 11.6. The van der Waals surface area contributed by atoms with Gasteiger partial charge in [-0.1, -0.05) is 6.07 Å². The summed E-state index contributed by atoms with van der Waals surface area (Å²) < 4.78 is 4.97. The van der Waals surface area contributed by atoms with Crippen molar-refractivity contribution in [1.29, 1.82) is 0 Å². The van der Waals surface area contributed by atoms with Crippen LogP contribution >= 0.6 is 0 Å². The number of ether oxygens (including phenoxy) is 1. The molecule has 0 aromatic heterocycles. The van der Waals surface area contributed by atoms with Crippen molar-refractivity contribution in [3.05, 3.63) is 23.8 Å². The number of anilines is 2. The number of hydrogen-bond acceptors (Lipinski definition) is 6. The molecule has 1 heterocycles. The maximum Gasteiger partial charge on any atom is 0.340 e. The van der Waals surface area contributed by atoms with Crippen molar-refractivity contribution in [2.45, 2.75) is 25.8 Å². The minimum Gasteiger partial charge on any atom is -0.462 e. The molecule has 1 saturated heterocycles. The molecular weight excluding hydrogens is 274 g/mol. The number of esters is 1. The van der Waals surface area contributed by atoms with E-state index in [2.05, 4.69) is 10.6 Å². The van der Waals surface area contributed by atoms with E-state index in [4.69, 9.17) is 10.5 Å². The minimum atomic E-state index is -0.611. The summed E-state index contributed by atoms with van der Waals surface area (Å²) in [6.07, 6.45) is 0.589. The summed E-state index contributed by atoms with van der Waals surface area (Å²) in [5.41, 5.74) is 6.83. The molecule has 1 unspecified atom stereocenters. The summed E-state index contributed by atoms with van der Waals surface area (Å²) >= 11 is 0. The van der Waals surface area contributed by atoms with Gasteiger partial charge < -0.3 is 15.8 Å². The van der Waals surface area contributed by atoms with Crippen LogP contribution in [0.3, 0.4) is 0 Å². The number of amides is 2. The standard InChI is InChI=1S/C14H17N3O4/c1-2-21-14(20)8-4-3-5-9(15)12(8)16-10-6-7-11(18)17-13(10)19/h3-5,10,16H,2,6-7,15H2,1H3,(H,17,18,19). The minimum absolute atomic E-state index is 0.241. The van der Waals surface area contributed by atoms with Crippen molar-refractivity contribution in [2.24, 2.45) is 0 Å². The molecule has 1 fully saturated rings. The van der Waals surface area contributed by atoms with E-state index in [1.807, 2.05) is 0 Å². The van der Waals surface area contributed by atoms with E-state index < -0.39 is 17.9 Å². The van der Waals surface area contributed by atoms with Gasteiger partial charge >= 0.3 is 5.97 Å². The second kappa shape index (κ2) is 6.25. The Morgan fingerprint density at radius 1 is 1.48 bits per heavy atom. The van der Waals surface area contributed by atoms with Gasteiger partial charge in [0, 0.05) is 6.42 Å². The van der Waals surface area contributed by atoms with Gasteiger partial charge in [0.15, 0.2) is 0 Å². The molecular formula is C14H17N3O4. The van der Waals surface area contributed by atoms with Crippen molar-refractivity contribution >= 4 is 29.2 Å². The number of nitrogen functional groups attached to an aromatic ring is 1. The number of piperidine rings is 1. The lowest BCUT2D eigenvalue weighted by Crippen LogP contribution is -2.47. The van der Waals surface area contributed by atoms with Crippen LogP contribution in [-0.4, -0.2) is 30.4 Å². The number of imide groups is 1. The highest BCUT2D eigenvalue weighted by Gasteiger charge is 2.28. The molecule has 1 aliphatic rings. The second-order valence-electron chi connectivity index (χ2n) is 4.64. The number of para-hydroxylation sites is 1. The molecule has 0 bridgehead atoms. The number of benzene rings is 1. The first-order valence-electron chi connectivity index (χ1n) is 6.68. The van der Waals surface area contributed by atoms with Gasteiger partial charge in [0.1, 0.15) is 6.04 Å². The van der Waals surface area contributed by atoms with Crippen molar-refractivity contribution in [3.63, 3.8) is 0 Å². The Balaban J connectivity index is 2.24. The third-order valence-corrected chi connectivity index (χ3v) is 3.15. The average Bonchev–Trinajstić information content (AvgIpc) is 2.43. The molecule has 21 heavy (non-hydrogen) atoms. The van der Waals surface area contributed by atoms with Crippen molar-refractivity contribution in [3.8, 4) is 0 Å². The summed E-state index contributed by atoms with van der Waals surface area (Å²) in [6, 6.07) is 4.22. The maximum absolute atomic E-state index is 11.9. The number of hydrogen-bond donors (Lipinski definition) is 3. The zero-order valence-corrected chi connectivity index (χ0v) is 11.6. The van der Waals surface area contributed by atoms with Crippen LogP contribution in [0, 0.1) is 0 Å². The molecule has 7 heteroatoms. The molecule has 4 N–H and O–H groups in total. The lowest BCUT2D eigenvalue weighted by Gasteiger charge is -2.24. The third kappa shape index (κ3) is 3.31. The van der Waals surface area contributed by atoms with E-state index in [1.54, 1.807) is 25.1 Å². The lowest BCUT2D eigenvalue weighted by molar-refractivity contribution is -0.133. The van der Waals surface area contributed by atoms with Crippen LogP contribution in [0.1, 0.15) is 30.1 Å². The van der Waals surface area contributed by atoms with E-state index in [-0.39, 0.29) is 24.5 Å². The number of carbonyl (C=O) groups is 3. The summed E-state index contributed by atoms with van der Waals surface area (Å²) in [4.78, 5) is 34.8. The Hall–Kier alpha value is -2.57. The van der Waals surface area contributed by atoms with Crippen LogP contribution in [0.5, 0.6) is 0 Å². The van der Waals surface area contributed by atoms with Crippen LogP contribution in [0.15, 0.2) is 18.2 Å². The molecule has 2 rings (SSSR count). The number of rotatable bonds is 4. The van der Waals surface area contributed by atoms with Gasteiger partial charge in [-0.2, -0.15) is 0 Å². The highest BCUT2D eigenvalue weighted by atomic mass is 16.5. The highest BCUT2D eigenvalue weighted by molar-refractivity contribution is 6.04. The molecule has 0 radical (unpaired) electrons. The molecule has 0 aliphatic carbocycles. The quantitative estimate of drug-likeness (QED) is 0.427. The number of carbonyl (C=O) groups excluding carboxylic acids is 3. The SMILES string of the molecule is CCOC(=O)c1cccc(N)c1NC1CCC(=O)NC1=O. The Bertz CT molecular complexity index is 586. The summed E-state index contributed by atoms with van der Waals surface area (Å²) in [6.45, 7) is 1.95. The van der Waals surface area contributed by atoms with Gasteiger partial charge in [0.05, 0.1) is 23.5 Å². The van der Waals surface area contributed by atoms with Gasteiger partial charge in [-0.15, -0.1) is 0 Å². The first-order chi connectivity index (χ1) is 10.0. The molecule has 7 nitrogen and oxygen atoms in total. The second-order valence-corrected chi connectivity index (χ2v) is 4.64. The van der Waals surface area contributed by atoms with Gasteiger partial charge in [-0.05, 0) is 25.5 Å². The fourth-order valence-corrected chi connectivity index (χ4v) is 2.12. The maximum atomic E-state index is 11.9. The molecule has 1 aromatic carbocycles. The van der Waals surface area contributed by atoms with Crippen LogP contribution in [0.4, 0.5) is 11.4 Å². The van der Waals surface area contributed by atoms with Gasteiger partial charge in [0.25, 0.3) is 0 Å². The first kappa shape index (κ1) is 14.8. The molecule has 0 spiro atoms. The van der Waals surface area contributed by atoms with Crippen molar-refractivity contribution < 1.29 is 19.1 Å². The predicted molar refractivity (Wildman–Crippen MR) is 76.6 cm³/mol. The molecule has 1 atom stereocenters. The van der Waals surface area contributed by atoms with Crippen LogP contribution in [-0.2, 0) is 14.3 Å². The normalized spacial score (nSPS) is 18.0. The van der Waals surface area contributed by atoms with E-state index in [0.29, 0.717) is 17.8 Å². The molecule has 0 saturated carbocycles. The van der Waals surface area contributed by atoms with Crippen LogP contribution in [0.25, 0.3) is 0 Å². The molecule has 1 aliphatic heterocycles. The topological polar surface area (TPSA) is 111 Å². The molecule has 1 aromatic rings. The largest absolute Gasteiger partial charge is 0.462 e. The summed E-state index contributed by atoms with van der Waals surface area (Å²) in [7, 11) is 0. The summed E-state index contributed by atoms with van der Waals surface area (Å²) in [5.74, 6) is -1.24. The Morgan fingerprint density at radius 2 is 2.24 bits per heavy atom. The Labute approximate surface area is 121 Å². The monoisotopic (exact) mass is 291 g/mol. The highest BCUT2D eigenvalue weighted by Crippen LogP contribution is 2.26. The van der Waals surface area contributed by atoms with Gasteiger partial charge in [-0.25, -0.2) is 4.79 Å². The zero-order chi connectivity index (χ0) is 15.4. The van der Waals surface area contributed by atoms with E-state index in [1.165, 1.54) is 0 Å². The van der Waals surface area contributed by atoms with Gasteiger partial charge in [0.2, 0.25) is 11.8 Å². The van der Waals surface area contributed by atoms with Gasteiger partial charge in [-0.3, -0.25) is 14.9 Å². The third-order valence-electron chi connectivity index (χ3n) is 3.15. The van der Waals surface area contributed by atoms with E-state index in [9.17, 15) is 14.4 Å². The smallest absolute Gasteiger partial charge is 0.340 e. The molecule has 112 valence electrons. The van der Waals surface area contributed by atoms with Crippen molar-refractivity contribution in [1.82, 2.24) is 5.32 Å². The molecule has 2 amide bonds. The van der Waals surface area contributed by atoms with Crippen LogP contribution in [0.2, 0.25) is 0 Å². The first-order valence-corrected chi connectivity index (χ1v) is 6.68. The fraction of sp³-hybridized carbons (Fsp3) is 0.357. The Morgan fingerprint density at radius 3 is 2.90 bits per heavy atom. The van der Waals surface area contributed by atoms with E-state index >= 15 is 0 Å². The Kier molecular flexibility index (Phi) is 4.42. The van der Waals surface area contributed by atoms with E-state index in [0.717, 1.165) is 0 Å². The predicted octanol–water partition coefficient (Wildman–Crippen LogP) is 0.663. The van der Waals surface area contributed by atoms with Crippen LogP contribution < -0.4 is 16.4 Å². The van der Waals surface area contributed by atoms with Crippen molar-refractivity contribution in [2.75, 3.05) is 17.7 Å². The summed E-state index contributed by atoms with van der Waals surface area (Å²) in [5, 5.41) is 5.18. The average molecular weight is 291 g/mol. The lowest BCUT2D eigenvalue weighted by atomic mass is 10.0. The number of nitrogens with two attached hydrogens (primary N) is 1. The fourth-order valence-electron chi connectivity index (χ4n) is 2.12.